The molecule has 3 heteroatoms. The lowest BCUT2D eigenvalue weighted by Gasteiger charge is -2.18. The van der Waals surface area contributed by atoms with Crippen molar-refractivity contribution in [1.29, 1.82) is 0 Å². The van der Waals surface area contributed by atoms with Crippen molar-refractivity contribution in [2.24, 2.45) is 0 Å². The van der Waals surface area contributed by atoms with Gasteiger partial charge >= 0.3 is 0 Å². The molecular weight excluding hydrogens is 258 g/mol. The zero-order valence-corrected chi connectivity index (χ0v) is 11.9. The van der Waals surface area contributed by atoms with Crippen LogP contribution in [0.1, 0.15) is 24.9 Å². The third kappa shape index (κ3) is 3.49. The highest BCUT2D eigenvalue weighted by atomic mass is 35.5. The van der Waals surface area contributed by atoms with Crippen molar-refractivity contribution in [1.82, 2.24) is 5.32 Å². The van der Waals surface area contributed by atoms with E-state index >= 15 is 0 Å². The van der Waals surface area contributed by atoms with Gasteiger partial charge in [0.25, 0.3) is 0 Å². The summed E-state index contributed by atoms with van der Waals surface area (Å²) in [5.41, 5.74) is 1.17. The standard InChI is InChI=1S/C16H18ClNO/c1-3-15(18-2)14-6-4-5-7-16(14)19-13-10-8-12(17)9-11-13/h4-11,15,18H,3H2,1-2H3. The highest BCUT2D eigenvalue weighted by Crippen LogP contribution is 2.31. The Bertz CT molecular complexity index is 521. The van der Waals surface area contributed by atoms with Crippen LogP contribution in [0.3, 0.4) is 0 Å². The Labute approximate surface area is 119 Å². The lowest BCUT2D eigenvalue weighted by molar-refractivity contribution is 0.459. The summed E-state index contributed by atoms with van der Waals surface area (Å²) < 4.78 is 5.95. The Morgan fingerprint density at radius 1 is 1.11 bits per heavy atom. The molecule has 1 atom stereocenters. The van der Waals surface area contributed by atoms with E-state index in [9.17, 15) is 0 Å². The Morgan fingerprint density at radius 3 is 2.42 bits per heavy atom. The first-order valence-corrected chi connectivity index (χ1v) is 6.82. The van der Waals surface area contributed by atoms with Crippen LogP contribution in [0.15, 0.2) is 48.5 Å². The average molecular weight is 276 g/mol. The molecule has 0 aliphatic rings. The van der Waals surface area contributed by atoms with Gasteiger partial charge in [0.05, 0.1) is 0 Å². The molecule has 0 aliphatic heterocycles. The van der Waals surface area contributed by atoms with E-state index in [4.69, 9.17) is 16.3 Å². The van der Waals surface area contributed by atoms with Crippen molar-refractivity contribution in [3.05, 3.63) is 59.1 Å². The fourth-order valence-electron chi connectivity index (χ4n) is 2.07. The highest BCUT2D eigenvalue weighted by Gasteiger charge is 2.12. The molecule has 0 saturated heterocycles. The minimum Gasteiger partial charge on any atom is -0.457 e. The quantitative estimate of drug-likeness (QED) is 0.846. The van der Waals surface area contributed by atoms with Gasteiger partial charge in [0.2, 0.25) is 0 Å². The Morgan fingerprint density at radius 2 is 1.79 bits per heavy atom. The van der Waals surface area contributed by atoms with Gasteiger partial charge in [-0.2, -0.15) is 0 Å². The predicted molar refractivity (Wildman–Crippen MR) is 80.1 cm³/mol. The SMILES string of the molecule is CCC(NC)c1ccccc1Oc1ccc(Cl)cc1. The molecular formula is C16H18ClNO. The second-order valence-corrected chi connectivity index (χ2v) is 4.78. The molecule has 100 valence electrons. The highest BCUT2D eigenvalue weighted by molar-refractivity contribution is 6.30. The van der Waals surface area contributed by atoms with Gasteiger partial charge in [-0.1, -0.05) is 36.7 Å². The molecule has 1 N–H and O–H groups in total. The van der Waals surface area contributed by atoms with Crippen LogP contribution in [-0.4, -0.2) is 7.05 Å². The lowest BCUT2D eigenvalue weighted by atomic mass is 10.0. The number of rotatable bonds is 5. The number of hydrogen-bond acceptors (Lipinski definition) is 2. The summed E-state index contributed by atoms with van der Waals surface area (Å²) in [7, 11) is 1.97. The summed E-state index contributed by atoms with van der Waals surface area (Å²) in [6, 6.07) is 15.8. The van der Waals surface area contributed by atoms with E-state index in [1.54, 1.807) is 0 Å². The second kappa shape index (κ2) is 6.60. The molecule has 2 nitrogen and oxygen atoms in total. The normalized spacial score (nSPS) is 12.2. The van der Waals surface area contributed by atoms with E-state index in [1.807, 2.05) is 49.5 Å². The number of ether oxygens (including phenoxy) is 1. The van der Waals surface area contributed by atoms with Crippen molar-refractivity contribution < 1.29 is 4.74 Å². The van der Waals surface area contributed by atoms with Crippen LogP contribution < -0.4 is 10.1 Å². The van der Waals surface area contributed by atoms with E-state index in [0.29, 0.717) is 11.1 Å². The minimum atomic E-state index is 0.295. The molecule has 2 rings (SSSR count). The van der Waals surface area contributed by atoms with Gasteiger partial charge in [0.15, 0.2) is 0 Å². The third-order valence-corrected chi connectivity index (χ3v) is 3.34. The van der Waals surface area contributed by atoms with E-state index in [1.165, 1.54) is 5.56 Å². The average Bonchev–Trinajstić information content (AvgIpc) is 2.44. The van der Waals surface area contributed by atoms with Crippen LogP contribution in [-0.2, 0) is 0 Å². The van der Waals surface area contributed by atoms with Gasteiger partial charge in [-0.15, -0.1) is 0 Å². The molecule has 0 spiro atoms. The van der Waals surface area contributed by atoms with E-state index in [2.05, 4.69) is 18.3 Å². The van der Waals surface area contributed by atoms with Gasteiger partial charge in [-0.25, -0.2) is 0 Å². The summed E-state index contributed by atoms with van der Waals surface area (Å²) in [5, 5.41) is 4.01. The van der Waals surface area contributed by atoms with Crippen molar-refractivity contribution in [3.63, 3.8) is 0 Å². The smallest absolute Gasteiger partial charge is 0.132 e. The first-order valence-electron chi connectivity index (χ1n) is 6.44. The Kier molecular flexibility index (Phi) is 4.83. The summed E-state index contributed by atoms with van der Waals surface area (Å²) in [6.07, 6.45) is 1.01. The largest absolute Gasteiger partial charge is 0.457 e. The molecule has 0 heterocycles. The maximum atomic E-state index is 5.95. The van der Waals surface area contributed by atoms with Crippen molar-refractivity contribution >= 4 is 11.6 Å². The number of halogens is 1. The van der Waals surface area contributed by atoms with Crippen LogP contribution in [0.4, 0.5) is 0 Å². The van der Waals surface area contributed by atoms with Crippen molar-refractivity contribution in [2.75, 3.05) is 7.05 Å². The van der Waals surface area contributed by atoms with Crippen LogP contribution in [0, 0.1) is 0 Å². The summed E-state index contributed by atoms with van der Waals surface area (Å²) >= 11 is 5.88. The summed E-state index contributed by atoms with van der Waals surface area (Å²) in [6.45, 7) is 2.15. The molecule has 0 bridgehead atoms. The Balaban J connectivity index is 2.27. The van der Waals surface area contributed by atoms with Crippen LogP contribution in [0.5, 0.6) is 11.5 Å². The number of hydrogen-bond donors (Lipinski definition) is 1. The maximum absolute atomic E-state index is 5.95. The Hall–Kier alpha value is -1.51. The monoisotopic (exact) mass is 275 g/mol. The first kappa shape index (κ1) is 13.9. The predicted octanol–water partition coefficient (Wildman–Crippen LogP) is 4.80. The van der Waals surface area contributed by atoms with Gasteiger partial charge in [0.1, 0.15) is 11.5 Å². The van der Waals surface area contributed by atoms with E-state index in [0.717, 1.165) is 17.9 Å². The first-order chi connectivity index (χ1) is 9.24. The minimum absolute atomic E-state index is 0.295. The van der Waals surface area contributed by atoms with Gasteiger partial charge in [-0.3, -0.25) is 0 Å². The third-order valence-electron chi connectivity index (χ3n) is 3.09. The molecule has 0 fully saturated rings. The summed E-state index contributed by atoms with van der Waals surface area (Å²) in [5.74, 6) is 1.67. The van der Waals surface area contributed by atoms with Gasteiger partial charge in [-0.05, 0) is 43.8 Å². The van der Waals surface area contributed by atoms with Crippen LogP contribution in [0.2, 0.25) is 5.02 Å². The zero-order valence-electron chi connectivity index (χ0n) is 11.2. The molecule has 19 heavy (non-hydrogen) atoms. The zero-order chi connectivity index (χ0) is 13.7. The molecule has 0 aliphatic carbocycles. The number of benzene rings is 2. The molecule has 0 aromatic heterocycles. The summed E-state index contributed by atoms with van der Waals surface area (Å²) in [4.78, 5) is 0. The van der Waals surface area contributed by atoms with Gasteiger partial charge in [0, 0.05) is 16.6 Å². The van der Waals surface area contributed by atoms with Crippen molar-refractivity contribution in [3.8, 4) is 11.5 Å². The number of nitrogens with one attached hydrogen (secondary N) is 1. The second-order valence-electron chi connectivity index (χ2n) is 4.34. The van der Waals surface area contributed by atoms with E-state index < -0.39 is 0 Å². The van der Waals surface area contributed by atoms with Crippen molar-refractivity contribution in [2.45, 2.75) is 19.4 Å². The molecule has 1 unspecified atom stereocenters. The fraction of sp³-hybridized carbons (Fsp3) is 0.250. The molecule has 0 saturated carbocycles. The van der Waals surface area contributed by atoms with Crippen LogP contribution >= 0.6 is 11.6 Å². The molecule has 2 aromatic carbocycles. The van der Waals surface area contributed by atoms with Gasteiger partial charge < -0.3 is 10.1 Å². The molecule has 0 radical (unpaired) electrons. The van der Waals surface area contributed by atoms with Crippen LogP contribution in [0.25, 0.3) is 0 Å². The molecule has 2 aromatic rings. The number of para-hydroxylation sites is 1. The van der Waals surface area contributed by atoms with E-state index in [-0.39, 0.29) is 0 Å². The lowest BCUT2D eigenvalue weighted by Crippen LogP contribution is -2.15. The topological polar surface area (TPSA) is 21.3 Å². The maximum Gasteiger partial charge on any atom is 0.132 e. The molecule has 0 amide bonds. The fourth-order valence-corrected chi connectivity index (χ4v) is 2.20.